The maximum atomic E-state index is 10.4. The van der Waals surface area contributed by atoms with Gasteiger partial charge in [-0.1, -0.05) is 35.9 Å². The standard InChI is InChI=1S/C24H29ClO7/c25-19-8-3-15(24-23(29)22(28)21(27)20(13-26)32-24)12-16(19)11-14-1-4-17(5-2-14)30-9-10-31-18-6-7-18/h1-5,8,12,18,20-24,26-29H,6-7,9-11,13H2/t20-,21-,22+,23-,24-/m1/s1. The lowest BCUT2D eigenvalue weighted by Crippen LogP contribution is -2.55. The molecule has 2 aliphatic rings. The van der Waals surface area contributed by atoms with E-state index < -0.39 is 37.1 Å². The molecule has 0 radical (unpaired) electrons. The van der Waals surface area contributed by atoms with Crippen molar-refractivity contribution < 1.29 is 34.6 Å². The fraction of sp³-hybridized carbons (Fsp3) is 0.500. The number of aliphatic hydroxyl groups is 4. The van der Waals surface area contributed by atoms with Gasteiger partial charge in [-0.25, -0.2) is 0 Å². The van der Waals surface area contributed by atoms with Crippen LogP contribution < -0.4 is 4.74 Å². The van der Waals surface area contributed by atoms with Crippen LogP contribution in [0.5, 0.6) is 5.75 Å². The summed E-state index contributed by atoms with van der Waals surface area (Å²) in [6.07, 6.45) is -2.73. The highest BCUT2D eigenvalue weighted by atomic mass is 35.5. The van der Waals surface area contributed by atoms with Crippen molar-refractivity contribution in [3.8, 4) is 5.75 Å². The Bertz CT molecular complexity index is 884. The van der Waals surface area contributed by atoms with E-state index in [0.29, 0.717) is 36.3 Å². The number of hydrogen-bond donors (Lipinski definition) is 4. The Morgan fingerprint density at radius 2 is 1.69 bits per heavy atom. The molecule has 2 aromatic carbocycles. The third-order valence-corrected chi connectivity index (χ3v) is 6.21. The summed E-state index contributed by atoms with van der Waals surface area (Å²) in [6, 6.07) is 13.0. The van der Waals surface area contributed by atoms with Crippen molar-refractivity contribution >= 4 is 11.6 Å². The lowest BCUT2D eigenvalue weighted by atomic mass is 9.90. The number of aliphatic hydroxyl groups excluding tert-OH is 4. The monoisotopic (exact) mass is 464 g/mol. The van der Waals surface area contributed by atoms with Crippen LogP contribution in [0.4, 0.5) is 0 Å². The van der Waals surface area contributed by atoms with Gasteiger partial charge in [0.05, 0.1) is 19.3 Å². The Morgan fingerprint density at radius 3 is 2.38 bits per heavy atom. The highest BCUT2D eigenvalue weighted by Gasteiger charge is 2.44. The number of halogens is 1. The van der Waals surface area contributed by atoms with E-state index in [1.165, 1.54) is 0 Å². The Labute approximate surface area is 192 Å². The molecule has 0 aromatic heterocycles. The summed E-state index contributed by atoms with van der Waals surface area (Å²) in [5.41, 5.74) is 2.46. The summed E-state index contributed by atoms with van der Waals surface area (Å²) >= 11 is 6.40. The predicted octanol–water partition coefficient (Wildman–Crippen LogP) is 2.00. The van der Waals surface area contributed by atoms with Gasteiger partial charge in [0.2, 0.25) is 0 Å². The van der Waals surface area contributed by atoms with E-state index in [4.69, 9.17) is 25.8 Å². The summed E-state index contributed by atoms with van der Waals surface area (Å²) in [7, 11) is 0. The molecule has 1 aliphatic heterocycles. The van der Waals surface area contributed by atoms with Crippen LogP contribution in [0, 0.1) is 0 Å². The fourth-order valence-electron chi connectivity index (χ4n) is 3.82. The maximum absolute atomic E-state index is 10.4. The second kappa shape index (κ2) is 10.5. The van der Waals surface area contributed by atoms with Gasteiger partial charge in [0.15, 0.2) is 0 Å². The fourth-order valence-corrected chi connectivity index (χ4v) is 4.00. The normalized spacial score (nSPS) is 28.0. The molecule has 4 rings (SSSR count). The minimum atomic E-state index is -1.42. The Morgan fingerprint density at radius 1 is 0.938 bits per heavy atom. The minimum absolute atomic E-state index is 0.421. The summed E-state index contributed by atoms with van der Waals surface area (Å²) in [6.45, 7) is 0.638. The van der Waals surface area contributed by atoms with Crippen LogP contribution in [0.15, 0.2) is 42.5 Å². The molecule has 1 saturated carbocycles. The topological polar surface area (TPSA) is 109 Å². The van der Waals surface area contributed by atoms with Crippen LogP contribution in [0.1, 0.15) is 35.6 Å². The number of ether oxygens (including phenoxy) is 3. The highest BCUT2D eigenvalue weighted by molar-refractivity contribution is 6.31. The molecule has 0 bridgehead atoms. The van der Waals surface area contributed by atoms with Gasteiger partial charge in [0, 0.05) is 5.02 Å². The van der Waals surface area contributed by atoms with Crippen molar-refractivity contribution in [3.05, 3.63) is 64.2 Å². The van der Waals surface area contributed by atoms with E-state index in [9.17, 15) is 20.4 Å². The average molecular weight is 465 g/mol. The smallest absolute Gasteiger partial charge is 0.119 e. The molecule has 7 nitrogen and oxygen atoms in total. The summed E-state index contributed by atoms with van der Waals surface area (Å²) in [4.78, 5) is 0. The minimum Gasteiger partial charge on any atom is -0.491 e. The Hall–Kier alpha value is -1.71. The van der Waals surface area contributed by atoms with E-state index in [2.05, 4.69) is 0 Å². The van der Waals surface area contributed by atoms with Gasteiger partial charge in [0.25, 0.3) is 0 Å². The molecule has 4 N–H and O–H groups in total. The zero-order valence-electron chi connectivity index (χ0n) is 17.6. The Kier molecular flexibility index (Phi) is 7.68. The van der Waals surface area contributed by atoms with E-state index in [1.54, 1.807) is 12.1 Å². The van der Waals surface area contributed by atoms with E-state index in [0.717, 1.165) is 29.7 Å². The quantitative estimate of drug-likeness (QED) is 0.420. The molecule has 32 heavy (non-hydrogen) atoms. The molecule has 2 fully saturated rings. The Balaban J connectivity index is 1.41. The zero-order valence-corrected chi connectivity index (χ0v) is 18.4. The van der Waals surface area contributed by atoms with Gasteiger partial charge >= 0.3 is 0 Å². The van der Waals surface area contributed by atoms with Crippen molar-refractivity contribution in [2.45, 2.75) is 55.9 Å². The molecule has 8 heteroatoms. The van der Waals surface area contributed by atoms with Gasteiger partial charge < -0.3 is 34.6 Å². The summed E-state index contributed by atoms with van der Waals surface area (Å²) in [5, 5.41) is 40.5. The van der Waals surface area contributed by atoms with Crippen molar-refractivity contribution in [2.75, 3.05) is 19.8 Å². The SMILES string of the molecule is OC[C@H]1O[C@H](c2ccc(Cl)c(Cc3ccc(OCCOC4CC4)cc3)c2)[C@H](O)[C@@H](O)[C@@H]1O. The second-order valence-electron chi connectivity index (χ2n) is 8.34. The van der Waals surface area contributed by atoms with Crippen molar-refractivity contribution in [2.24, 2.45) is 0 Å². The lowest BCUT2D eigenvalue weighted by molar-refractivity contribution is -0.231. The van der Waals surface area contributed by atoms with Crippen molar-refractivity contribution in [3.63, 3.8) is 0 Å². The van der Waals surface area contributed by atoms with Crippen LogP contribution in [-0.2, 0) is 15.9 Å². The largest absolute Gasteiger partial charge is 0.491 e. The lowest BCUT2D eigenvalue weighted by Gasteiger charge is -2.40. The number of benzene rings is 2. The zero-order chi connectivity index (χ0) is 22.7. The van der Waals surface area contributed by atoms with Gasteiger partial charge in [-0.2, -0.15) is 0 Å². The first-order valence-corrected chi connectivity index (χ1v) is 11.3. The van der Waals surface area contributed by atoms with Gasteiger partial charge in [-0.05, 0) is 54.2 Å². The third-order valence-electron chi connectivity index (χ3n) is 5.84. The van der Waals surface area contributed by atoms with Crippen LogP contribution in [0.25, 0.3) is 0 Å². The average Bonchev–Trinajstić information content (AvgIpc) is 3.63. The molecule has 0 spiro atoms. The number of rotatable bonds is 9. The van der Waals surface area contributed by atoms with Crippen molar-refractivity contribution in [1.82, 2.24) is 0 Å². The van der Waals surface area contributed by atoms with E-state index >= 15 is 0 Å². The first kappa shape index (κ1) is 23.4. The van der Waals surface area contributed by atoms with Gasteiger partial charge in [0.1, 0.15) is 42.9 Å². The maximum Gasteiger partial charge on any atom is 0.119 e. The van der Waals surface area contributed by atoms with Crippen LogP contribution in [-0.4, -0.2) is 70.8 Å². The van der Waals surface area contributed by atoms with E-state index in [1.807, 2.05) is 30.3 Å². The van der Waals surface area contributed by atoms with Crippen LogP contribution in [0.2, 0.25) is 5.02 Å². The molecule has 1 aliphatic carbocycles. The molecule has 0 unspecified atom stereocenters. The first-order valence-electron chi connectivity index (χ1n) is 10.9. The van der Waals surface area contributed by atoms with E-state index in [-0.39, 0.29) is 0 Å². The molecule has 174 valence electrons. The van der Waals surface area contributed by atoms with Gasteiger partial charge in [-0.3, -0.25) is 0 Å². The van der Waals surface area contributed by atoms with Crippen LogP contribution >= 0.6 is 11.6 Å². The molecule has 1 heterocycles. The molecule has 5 atom stereocenters. The second-order valence-corrected chi connectivity index (χ2v) is 8.75. The highest BCUT2D eigenvalue weighted by Crippen LogP contribution is 2.34. The summed E-state index contributed by atoms with van der Waals surface area (Å²) in [5.74, 6) is 0.773. The molecular formula is C24H29ClO7. The predicted molar refractivity (Wildman–Crippen MR) is 118 cm³/mol. The van der Waals surface area contributed by atoms with Crippen LogP contribution in [0.3, 0.4) is 0 Å². The van der Waals surface area contributed by atoms with Gasteiger partial charge in [-0.15, -0.1) is 0 Å². The molecule has 0 amide bonds. The third kappa shape index (κ3) is 5.61. The summed E-state index contributed by atoms with van der Waals surface area (Å²) < 4.78 is 16.9. The first-order chi connectivity index (χ1) is 15.5. The molecular weight excluding hydrogens is 436 g/mol. The molecule has 2 aromatic rings. The van der Waals surface area contributed by atoms with Crippen molar-refractivity contribution in [1.29, 1.82) is 0 Å². The number of hydrogen-bond acceptors (Lipinski definition) is 7. The molecule has 1 saturated heterocycles.